The van der Waals surface area contributed by atoms with E-state index < -0.39 is 11.9 Å². The molecule has 2 N–H and O–H groups in total. The first-order valence-electron chi connectivity index (χ1n) is 7.59. The minimum atomic E-state index is -0.671. The summed E-state index contributed by atoms with van der Waals surface area (Å²) in [6, 6.07) is 0.0987. The largest absolute Gasteiger partial charge is 0.465 e. The molecular weight excluding hydrogens is 300 g/mol. The third kappa shape index (κ3) is 3.91. The summed E-state index contributed by atoms with van der Waals surface area (Å²) in [4.78, 5) is 38.4. The molecule has 0 saturated heterocycles. The van der Waals surface area contributed by atoms with Crippen LogP contribution in [0.2, 0.25) is 0 Å². The summed E-state index contributed by atoms with van der Waals surface area (Å²) in [5.74, 6) is -0.987. The number of rotatable bonds is 6. The van der Waals surface area contributed by atoms with E-state index in [-0.39, 0.29) is 24.2 Å². The number of hydrogen-bond donors (Lipinski definition) is 2. The van der Waals surface area contributed by atoms with E-state index in [2.05, 4.69) is 15.0 Å². The highest BCUT2D eigenvalue weighted by atomic mass is 16.5. The topological polar surface area (TPSA) is 97.5 Å². The van der Waals surface area contributed by atoms with E-state index in [9.17, 15) is 14.4 Å². The Balaban J connectivity index is 1.95. The Hall–Kier alpha value is -2.31. The number of methoxy groups -OCH3 is 1. The monoisotopic (exact) mass is 322 g/mol. The van der Waals surface area contributed by atoms with E-state index in [1.165, 1.54) is 7.11 Å². The molecule has 23 heavy (non-hydrogen) atoms. The summed E-state index contributed by atoms with van der Waals surface area (Å²) in [5, 5.41) is 2.81. The molecule has 7 nitrogen and oxygen atoms in total. The van der Waals surface area contributed by atoms with Crippen LogP contribution < -0.4 is 5.32 Å². The lowest BCUT2D eigenvalue weighted by Gasteiger charge is -2.12. The molecule has 1 amide bonds. The zero-order valence-corrected chi connectivity index (χ0v) is 13.8. The summed E-state index contributed by atoms with van der Waals surface area (Å²) in [6.45, 7) is 4.89. The number of aromatic nitrogens is 1. The number of nitrogens with one attached hydrogen (secondary N) is 2. The number of carbonyl (C=O) groups excluding carboxylic acids is 3. The molecule has 1 aliphatic rings. The summed E-state index contributed by atoms with van der Waals surface area (Å²) >= 11 is 0. The van der Waals surface area contributed by atoms with Gasteiger partial charge in [-0.3, -0.25) is 4.79 Å². The molecule has 1 atom stereocenters. The van der Waals surface area contributed by atoms with E-state index in [1.807, 2.05) is 6.92 Å². The number of aromatic amines is 1. The lowest BCUT2D eigenvalue weighted by molar-refractivity contribution is -0.125. The number of hydrogen-bond acceptors (Lipinski definition) is 5. The van der Waals surface area contributed by atoms with Crippen molar-refractivity contribution in [1.29, 1.82) is 0 Å². The second-order valence-corrected chi connectivity index (χ2v) is 5.89. The standard InChI is InChI=1S/C16H22N2O5/c1-8-13(15(20)22-4)10(3)18-14(8)16(21)23-7-12(19)17-9(2)11-5-6-11/h9,11,18H,5-7H2,1-4H3,(H,17,19). The van der Waals surface area contributed by atoms with Gasteiger partial charge in [0.2, 0.25) is 0 Å². The van der Waals surface area contributed by atoms with Crippen LogP contribution >= 0.6 is 0 Å². The van der Waals surface area contributed by atoms with Gasteiger partial charge in [0.25, 0.3) is 5.91 Å². The number of ether oxygens (including phenoxy) is 2. The molecule has 0 radical (unpaired) electrons. The number of esters is 2. The third-order valence-corrected chi connectivity index (χ3v) is 4.08. The van der Waals surface area contributed by atoms with Crippen LogP contribution in [0.4, 0.5) is 0 Å². The Morgan fingerprint density at radius 3 is 2.48 bits per heavy atom. The van der Waals surface area contributed by atoms with Gasteiger partial charge in [-0.15, -0.1) is 0 Å². The minimum absolute atomic E-state index is 0.0987. The van der Waals surface area contributed by atoms with Crippen LogP contribution in [0, 0.1) is 19.8 Å². The van der Waals surface area contributed by atoms with Crippen molar-refractivity contribution in [2.45, 2.75) is 39.7 Å². The van der Waals surface area contributed by atoms with Crippen LogP contribution in [0.5, 0.6) is 0 Å². The zero-order valence-electron chi connectivity index (χ0n) is 13.8. The maximum absolute atomic E-state index is 12.1. The molecule has 1 aromatic rings. The number of aryl methyl sites for hydroxylation is 1. The van der Waals surface area contributed by atoms with E-state index in [4.69, 9.17) is 4.74 Å². The van der Waals surface area contributed by atoms with Crippen molar-refractivity contribution in [3.63, 3.8) is 0 Å². The normalized spacial score (nSPS) is 15.0. The van der Waals surface area contributed by atoms with E-state index in [1.54, 1.807) is 13.8 Å². The third-order valence-electron chi connectivity index (χ3n) is 4.08. The highest BCUT2D eigenvalue weighted by Gasteiger charge is 2.29. The second kappa shape index (κ2) is 6.85. The Bertz CT molecular complexity index is 631. The van der Waals surface area contributed by atoms with Gasteiger partial charge in [0, 0.05) is 11.7 Å². The van der Waals surface area contributed by atoms with Crippen molar-refractivity contribution in [2.75, 3.05) is 13.7 Å². The number of H-pyrrole nitrogens is 1. The Labute approximate surface area is 134 Å². The first-order valence-corrected chi connectivity index (χ1v) is 7.59. The predicted octanol–water partition coefficient (Wildman–Crippen LogP) is 1.49. The van der Waals surface area contributed by atoms with Gasteiger partial charge >= 0.3 is 11.9 Å². The van der Waals surface area contributed by atoms with Crippen LogP contribution in [-0.2, 0) is 14.3 Å². The molecule has 2 rings (SSSR count). The van der Waals surface area contributed by atoms with Crippen LogP contribution in [0.25, 0.3) is 0 Å². The van der Waals surface area contributed by atoms with Crippen LogP contribution in [0.1, 0.15) is 51.9 Å². The predicted molar refractivity (Wildman–Crippen MR) is 82.2 cm³/mol. The summed E-state index contributed by atoms with van der Waals surface area (Å²) in [6.07, 6.45) is 2.25. The molecule has 0 aromatic carbocycles. The SMILES string of the molecule is COC(=O)c1c(C)[nH]c(C(=O)OCC(=O)NC(C)C2CC2)c1C. The molecule has 126 valence electrons. The highest BCUT2D eigenvalue weighted by molar-refractivity contribution is 5.99. The van der Waals surface area contributed by atoms with E-state index in [0.717, 1.165) is 12.8 Å². The van der Waals surface area contributed by atoms with Gasteiger partial charge in [0.15, 0.2) is 6.61 Å². The van der Waals surface area contributed by atoms with Gasteiger partial charge in [0.05, 0.1) is 12.7 Å². The van der Waals surface area contributed by atoms with Crippen molar-refractivity contribution in [3.8, 4) is 0 Å². The lowest BCUT2D eigenvalue weighted by Crippen LogP contribution is -2.37. The molecule has 1 aromatic heterocycles. The average molecular weight is 322 g/mol. The van der Waals surface area contributed by atoms with Crippen LogP contribution in [0.15, 0.2) is 0 Å². The molecule has 1 aliphatic carbocycles. The van der Waals surface area contributed by atoms with Crippen molar-refractivity contribution < 1.29 is 23.9 Å². The fourth-order valence-electron chi connectivity index (χ4n) is 2.58. The second-order valence-electron chi connectivity index (χ2n) is 5.89. The van der Waals surface area contributed by atoms with Gasteiger partial charge in [-0.25, -0.2) is 9.59 Å². The Morgan fingerprint density at radius 1 is 1.26 bits per heavy atom. The maximum atomic E-state index is 12.1. The molecule has 1 saturated carbocycles. The Morgan fingerprint density at radius 2 is 1.91 bits per heavy atom. The van der Waals surface area contributed by atoms with E-state index >= 15 is 0 Å². The van der Waals surface area contributed by atoms with Gasteiger partial charge in [-0.2, -0.15) is 0 Å². The number of carbonyl (C=O) groups is 3. The maximum Gasteiger partial charge on any atom is 0.355 e. The Kier molecular flexibility index (Phi) is 5.08. The first kappa shape index (κ1) is 17.1. The molecule has 1 fully saturated rings. The van der Waals surface area contributed by atoms with Gasteiger partial charge in [-0.05, 0) is 45.1 Å². The summed E-state index contributed by atoms with van der Waals surface area (Å²) in [5.41, 5.74) is 1.44. The summed E-state index contributed by atoms with van der Waals surface area (Å²) < 4.78 is 9.71. The first-order chi connectivity index (χ1) is 10.8. The summed E-state index contributed by atoms with van der Waals surface area (Å²) in [7, 11) is 1.28. The van der Waals surface area contributed by atoms with Gasteiger partial charge in [-0.1, -0.05) is 0 Å². The van der Waals surface area contributed by atoms with Crippen molar-refractivity contribution in [2.24, 2.45) is 5.92 Å². The van der Waals surface area contributed by atoms with E-state index in [0.29, 0.717) is 22.7 Å². The lowest BCUT2D eigenvalue weighted by atomic mass is 10.1. The highest BCUT2D eigenvalue weighted by Crippen LogP contribution is 2.32. The quantitative estimate of drug-likeness (QED) is 0.773. The average Bonchev–Trinajstić information content (AvgIpc) is 3.30. The molecule has 7 heteroatoms. The van der Waals surface area contributed by atoms with Crippen LogP contribution in [0.3, 0.4) is 0 Å². The minimum Gasteiger partial charge on any atom is -0.465 e. The van der Waals surface area contributed by atoms with Gasteiger partial charge in [0.1, 0.15) is 5.69 Å². The van der Waals surface area contributed by atoms with Crippen LogP contribution in [-0.4, -0.2) is 42.6 Å². The zero-order chi connectivity index (χ0) is 17.1. The molecule has 1 heterocycles. The smallest absolute Gasteiger partial charge is 0.355 e. The molecule has 1 unspecified atom stereocenters. The fraction of sp³-hybridized carbons (Fsp3) is 0.562. The fourth-order valence-corrected chi connectivity index (χ4v) is 2.58. The van der Waals surface area contributed by atoms with Gasteiger partial charge < -0.3 is 19.8 Å². The molecule has 0 bridgehead atoms. The van der Waals surface area contributed by atoms with Crippen molar-refractivity contribution in [3.05, 3.63) is 22.5 Å². The molecular formula is C16H22N2O5. The van der Waals surface area contributed by atoms with Crippen molar-refractivity contribution >= 4 is 17.8 Å². The van der Waals surface area contributed by atoms with Crippen molar-refractivity contribution in [1.82, 2.24) is 10.3 Å². The number of amides is 1. The molecule has 0 aliphatic heterocycles. The molecule has 0 spiro atoms.